The molecule has 0 unspecified atom stereocenters. The Kier molecular flexibility index (Phi) is 5.20. The fourth-order valence-corrected chi connectivity index (χ4v) is 2.46. The fourth-order valence-electron chi connectivity index (χ4n) is 2.23. The quantitative estimate of drug-likeness (QED) is 0.733. The van der Waals surface area contributed by atoms with E-state index in [4.69, 9.17) is 11.6 Å². The minimum Gasteiger partial charge on any atom is -0.347 e. The van der Waals surface area contributed by atoms with Crippen molar-refractivity contribution in [2.45, 2.75) is 13.5 Å². The number of halogens is 1. The van der Waals surface area contributed by atoms with Crippen LogP contribution in [0.5, 0.6) is 0 Å². The van der Waals surface area contributed by atoms with Crippen LogP contribution in [0.15, 0.2) is 55.1 Å². The number of carbonyl (C=O) groups excluding carboxylic acids is 1. The monoisotopic (exact) mass is 353 g/mol. The highest BCUT2D eigenvalue weighted by atomic mass is 35.5. The number of nitrogens with one attached hydrogen (secondary N) is 2. The number of aromatic nitrogens is 3. The molecule has 2 N–H and O–H groups in total. The first-order valence-electron chi connectivity index (χ1n) is 7.64. The Labute approximate surface area is 150 Å². The molecule has 0 aliphatic heterocycles. The summed E-state index contributed by atoms with van der Waals surface area (Å²) in [7, 11) is 0. The van der Waals surface area contributed by atoms with E-state index in [-0.39, 0.29) is 11.6 Å². The van der Waals surface area contributed by atoms with E-state index in [9.17, 15) is 4.79 Å². The third-order valence-electron chi connectivity index (χ3n) is 3.53. The number of aryl methyl sites for hydroxylation is 1. The second-order valence-electron chi connectivity index (χ2n) is 5.42. The summed E-state index contributed by atoms with van der Waals surface area (Å²) >= 11 is 5.96. The smallest absolute Gasteiger partial charge is 0.270 e. The number of hydrogen-bond donors (Lipinski definition) is 2. The molecule has 126 valence electrons. The lowest BCUT2D eigenvalue weighted by molar-refractivity contribution is 0.0946. The molecule has 7 heteroatoms. The number of amides is 1. The molecule has 1 aromatic carbocycles. The topological polar surface area (TPSA) is 79.8 Å². The minimum absolute atomic E-state index is 0.276. The van der Waals surface area contributed by atoms with Gasteiger partial charge in [-0.2, -0.15) is 0 Å². The first kappa shape index (κ1) is 16.9. The molecule has 2 heterocycles. The Bertz CT molecular complexity index is 886. The number of hydrogen-bond acceptors (Lipinski definition) is 5. The molecule has 25 heavy (non-hydrogen) atoms. The Morgan fingerprint density at radius 2 is 2.08 bits per heavy atom. The van der Waals surface area contributed by atoms with Gasteiger partial charge >= 0.3 is 0 Å². The molecule has 2 aromatic heterocycles. The zero-order chi connectivity index (χ0) is 17.6. The molecule has 0 atom stereocenters. The average molecular weight is 354 g/mol. The van der Waals surface area contributed by atoms with Crippen molar-refractivity contribution in [2.24, 2.45) is 0 Å². The SMILES string of the molecule is Cc1cc(Cl)ccc1Nc1cc(C(=O)NCc2cccnc2)ncn1. The molecule has 0 aliphatic rings. The molecule has 0 fully saturated rings. The summed E-state index contributed by atoms with van der Waals surface area (Å²) in [6.07, 6.45) is 4.75. The van der Waals surface area contributed by atoms with Gasteiger partial charge in [0, 0.05) is 35.7 Å². The number of rotatable bonds is 5. The number of carbonyl (C=O) groups is 1. The molecule has 0 spiro atoms. The Morgan fingerprint density at radius 1 is 1.20 bits per heavy atom. The Balaban J connectivity index is 1.69. The van der Waals surface area contributed by atoms with E-state index < -0.39 is 0 Å². The van der Waals surface area contributed by atoms with Crippen LogP contribution >= 0.6 is 11.6 Å². The highest BCUT2D eigenvalue weighted by molar-refractivity contribution is 6.30. The van der Waals surface area contributed by atoms with E-state index in [2.05, 4.69) is 25.6 Å². The Morgan fingerprint density at radius 3 is 2.84 bits per heavy atom. The number of pyridine rings is 1. The highest BCUT2D eigenvalue weighted by Crippen LogP contribution is 2.22. The van der Waals surface area contributed by atoms with Gasteiger partial charge in [0.15, 0.2) is 0 Å². The summed E-state index contributed by atoms with van der Waals surface area (Å²) in [5.74, 6) is 0.258. The van der Waals surface area contributed by atoms with Crippen LogP contribution in [0.3, 0.4) is 0 Å². The van der Waals surface area contributed by atoms with Crippen molar-refractivity contribution in [3.63, 3.8) is 0 Å². The third kappa shape index (κ3) is 4.51. The normalized spacial score (nSPS) is 10.3. The van der Waals surface area contributed by atoms with Gasteiger partial charge in [-0.15, -0.1) is 0 Å². The van der Waals surface area contributed by atoms with Gasteiger partial charge in [0.25, 0.3) is 5.91 Å². The summed E-state index contributed by atoms with van der Waals surface area (Å²) in [4.78, 5) is 24.5. The zero-order valence-electron chi connectivity index (χ0n) is 13.5. The van der Waals surface area contributed by atoms with E-state index in [1.54, 1.807) is 24.5 Å². The molecule has 0 aliphatic carbocycles. The second-order valence-corrected chi connectivity index (χ2v) is 5.85. The van der Waals surface area contributed by atoms with Gasteiger partial charge in [0.1, 0.15) is 17.8 Å². The standard InChI is InChI=1S/C18H16ClN5O/c1-12-7-14(19)4-5-15(12)24-17-8-16(22-11-23-17)18(25)21-10-13-3-2-6-20-9-13/h2-9,11H,10H2,1H3,(H,21,25)(H,22,23,24). The summed E-state index contributed by atoms with van der Waals surface area (Å²) < 4.78 is 0. The first-order chi connectivity index (χ1) is 12.1. The predicted octanol–water partition coefficient (Wildman–Crippen LogP) is 3.51. The van der Waals surface area contributed by atoms with Crippen LogP contribution in [-0.2, 0) is 6.54 Å². The molecule has 0 bridgehead atoms. The predicted molar refractivity (Wildman–Crippen MR) is 96.9 cm³/mol. The number of benzene rings is 1. The minimum atomic E-state index is -0.276. The molecule has 6 nitrogen and oxygen atoms in total. The maximum Gasteiger partial charge on any atom is 0.270 e. The molecule has 3 aromatic rings. The van der Waals surface area contributed by atoms with Gasteiger partial charge in [-0.05, 0) is 42.3 Å². The van der Waals surface area contributed by atoms with E-state index in [0.29, 0.717) is 17.4 Å². The lowest BCUT2D eigenvalue weighted by Crippen LogP contribution is -2.24. The summed E-state index contributed by atoms with van der Waals surface area (Å²) in [5, 5.41) is 6.65. The van der Waals surface area contributed by atoms with E-state index in [0.717, 1.165) is 16.8 Å². The highest BCUT2D eigenvalue weighted by Gasteiger charge is 2.09. The van der Waals surface area contributed by atoms with Gasteiger partial charge in [-0.1, -0.05) is 17.7 Å². The molecule has 0 saturated heterocycles. The van der Waals surface area contributed by atoms with Crippen LogP contribution in [0.25, 0.3) is 0 Å². The molecule has 1 amide bonds. The summed E-state index contributed by atoms with van der Waals surface area (Å²) in [6, 6.07) is 10.8. The Hall–Kier alpha value is -2.99. The van der Waals surface area contributed by atoms with Crippen molar-refractivity contribution in [2.75, 3.05) is 5.32 Å². The van der Waals surface area contributed by atoms with Crippen LogP contribution in [0.1, 0.15) is 21.6 Å². The van der Waals surface area contributed by atoms with E-state index in [1.165, 1.54) is 6.33 Å². The molecule has 0 radical (unpaired) electrons. The van der Waals surface area contributed by atoms with E-state index in [1.807, 2.05) is 31.2 Å². The van der Waals surface area contributed by atoms with Gasteiger partial charge in [-0.25, -0.2) is 9.97 Å². The largest absolute Gasteiger partial charge is 0.347 e. The average Bonchev–Trinajstić information content (AvgIpc) is 2.63. The van der Waals surface area contributed by atoms with Crippen molar-refractivity contribution >= 4 is 29.0 Å². The van der Waals surface area contributed by atoms with Gasteiger partial charge in [0.05, 0.1) is 0 Å². The van der Waals surface area contributed by atoms with Crippen molar-refractivity contribution < 1.29 is 4.79 Å². The summed E-state index contributed by atoms with van der Waals surface area (Å²) in [6.45, 7) is 2.33. The maximum atomic E-state index is 12.3. The van der Waals surface area contributed by atoms with E-state index >= 15 is 0 Å². The second kappa shape index (κ2) is 7.72. The van der Waals surface area contributed by atoms with Crippen molar-refractivity contribution in [1.29, 1.82) is 0 Å². The van der Waals surface area contributed by atoms with Crippen LogP contribution in [0.4, 0.5) is 11.5 Å². The van der Waals surface area contributed by atoms with Gasteiger partial charge in [-0.3, -0.25) is 9.78 Å². The first-order valence-corrected chi connectivity index (χ1v) is 8.02. The van der Waals surface area contributed by atoms with Crippen molar-refractivity contribution in [1.82, 2.24) is 20.3 Å². The van der Waals surface area contributed by atoms with Gasteiger partial charge < -0.3 is 10.6 Å². The molecular formula is C18H16ClN5O. The fraction of sp³-hybridized carbons (Fsp3) is 0.111. The lowest BCUT2D eigenvalue weighted by atomic mass is 10.2. The van der Waals surface area contributed by atoms with Crippen LogP contribution in [0.2, 0.25) is 5.02 Å². The number of anilines is 2. The van der Waals surface area contributed by atoms with Crippen LogP contribution in [-0.4, -0.2) is 20.9 Å². The van der Waals surface area contributed by atoms with Crippen LogP contribution in [0, 0.1) is 6.92 Å². The third-order valence-corrected chi connectivity index (χ3v) is 3.76. The van der Waals surface area contributed by atoms with Crippen LogP contribution < -0.4 is 10.6 Å². The van der Waals surface area contributed by atoms with Gasteiger partial charge in [0.2, 0.25) is 0 Å². The van der Waals surface area contributed by atoms with Crippen molar-refractivity contribution in [3.05, 3.63) is 77.0 Å². The number of nitrogens with zero attached hydrogens (tertiary/aromatic N) is 3. The zero-order valence-corrected chi connectivity index (χ0v) is 14.3. The summed E-state index contributed by atoms with van der Waals surface area (Å²) in [5.41, 5.74) is 3.05. The van der Waals surface area contributed by atoms with Crippen molar-refractivity contribution in [3.8, 4) is 0 Å². The lowest BCUT2D eigenvalue weighted by Gasteiger charge is -2.10. The molecule has 3 rings (SSSR count). The molecule has 0 saturated carbocycles. The molecular weight excluding hydrogens is 338 g/mol. The maximum absolute atomic E-state index is 12.3.